The average molecular weight is 345 g/mol. The van der Waals surface area contributed by atoms with Crippen molar-refractivity contribution in [1.82, 2.24) is 9.55 Å². The maximum absolute atomic E-state index is 4.23. The van der Waals surface area contributed by atoms with Gasteiger partial charge in [-0.25, -0.2) is 0 Å². The van der Waals surface area contributed by atoms with Gasteiger partial charge >= 0.3 is 112 Å². The fraction of sp³-hybridized carbons (Fsp3) is 0.267. The van der Waals surface area contributed by atoms with Crippen LogP contribution in [0.1, 0.15) is 0 Å². The van der Waals surface area contributed by atoms with Gasteiger partial charge in [-0.15, -0.1) is 0 Å². The molecule has 0 saturated carbocycles. The van der Waals surface area contributed by atoms with Gasteiger partial charge in [0.15, 0.2) is 0 Å². The van der Waals surface area contributed by atoms with Crippen LogP contribution in [0.5, 0.6) is 0 Å². The molecule has 0 N–H and O–H groups in total. The minimum atomic E-state index is -1.99. The van der Waals surface area contributed by atoms with E-state index >= 15 is 0 Å². The second-order valence-electron chi connectivity index (χ2n) is 5.93. The Bertz CT molecular complexity index is 735. The second kappa shape index (κ2) is 3.98. The van der Waals surface area contributed by atoms with Gasteiger partial charge in [0.25, 0.3) is 0 Å². The first-order chi connectivity index (χ1) is 8.48. The minimum absolute atomic E-state index is 1.22. The van der Waals surface area contributed by atoms with E-state index in [1.807, 2.05) is 12.4 Å². The summed E-state index contributed by atoms with van der Waals surface area (Å²) in [7, 11) is 2.12. The first-order valence-electron chi connectivity index (χ1n) is 6.31. The molecule has 3 heteroatoms. The van der Waals surface area contributed by atoms with Crippen molar-refractivity contribution in [2.75, 3.05) is 0 Å². The number of nitrogens with zero attached hydrogens (tertiary/aromatic N) is 2. The summed E-state index contributed by atoms with van der Waals surface area (Å²) >= 11 is -1.99. The summed E-state index contributed by atoms with van der Waals surface area (Å²) in [4.78, 5) is 11.6. The molecule has 3 aromatic rings. The van der Waals surface area contributed by atoms with Gasteiger partial charge in [0.05, 0.1) is 0 Å². The molecule has 2 aromatic heterocycles. The van der Waals surface area contributed by atoms with Crippen molar-refractivity contribution in [1.29, 1.82) is 0 Å². The van der Waals surface area contributed by atoms with Crippen molar-refractivity contribution in [3.05, 3.63) is 36.7 Å². The Labute approximate surface area is 112 Å². The Hall–Kier alpha value is -1.03. The Kier molecular flexibility index (Phi) is 2.66. The van der Waals surface area contributed by atoms with Crippen LogP contribution in [0.25, 0.3) is 21.8 Å². The molecular weight excluding hydrogens is 327 g/mol. The molecule has 0 radical (unpaired) electrons. The quantitative estimate of drug-likeness (QED) is 0.619. The van der Waals surface area contributed by atoms with Gasteiger partial charge in [0.1, 0.15) is 0 Å². The first kappa shape index (κ1) is 12.0. The average Bonchev–Trinajstić information content (AvgIpc) is 2.63. The molecule has 0 unspecified atom stereocenters. The number of fused-ring (bicyclic) bond motifs is 3. The van der Waals surface area contributed by atoms with Gasteiger partial charge in [0, 0.05) is 0 Å². The predicted octanol–water partition coefficient (Wildman–Crippen LogP) is 3.27. The molecule has 0 saturated heterocycles. The zero-order valence-electron chi connectivity index (χ0n) is 11.4. The molecule has 92 valence electrons. The van der Waals surface area contributed by atoms with E-state index in [2.05, 4.69) is 55.7 Å². The van der Waals surface area contributed by atoms with Crippen molar-refractivity contribution >= 4 is 43.8 Å². The number of pyridine rings is 1. The van der Waals surface area contributed by atoms with Crippen molar-refractivity contribution in [3.8, 4) is 0 Å². The van der Waals surface area contributed by atoms with Gasteiger partial charge in [-0.3, -0.25) is 0 Å². The van der Waals surface area contributed by atoms with Crippen LogP contribution in [0.2, 0.25) is 14.8 Å². The number of rotatable bonds is 1. The Balaban J connectivity index is 2.44. The third kappa shape index (κ3) is 1.74. The molecule has 0 atom stereocenters. The number of benzene rings is 1. The molecule has 3 rings (SSSR count). The molecular formula is C15H18N2Sn. The zero-order chi connectivity index (χ0) is 12.9. The van der Waals surface area contributed by atoms with Crippen molar-refractivity contribution in [2.45, 2.75) is 14.8 Å². The summed E-state index contributed by atoms with van der Waals surface area (Å²) in [5, 5.41) is 2.69. The SMILES string of the molecule is Cn1c2cc[c]([Sn]([CH3])([CH3])[CH3])cc2c2ccncc21. The van der Waals surface area contributed by atoms with Gasteiger partial charge in [0.2, 0.25) is 0 Å². The number of aryl methyl sites for hydroxylation is 1. The molecule has 0 amide bonds. The van der Waals surface area contributed by atoms with E-state index < -0.39 is 18.4 Å². The van der Waals surface area contributed by atoms with Crippen molar-refractivity contribution in [3.63, 3.8) is 0 Å². The van der Waals surface area contributed by atoms with E-state index in [1.165, 1.54) is 21.8 Å². The molecule has 0 bridgehead atoms. The van der Waals surface area contributed by atoms with Crippen LogP contribution in [0.15, 0.2) is 36.7 Å². The molecule has 1 aromatic carbocycles. The van der Waals surface area contributed by atoms with Crippen LogP contribution in [0, 0.1) is 0 Å². The molecule has 2 heterocycles. The standard InChI is InChI=1S/C12H9N2.3CH3.Sn/c1-14-11-5-3-2-4-9(11)10-6-7-13-8-12(10)14;;;;/h3-8H,1H3;3*1H3;. The second-order valence-corrected chi connectivity index (χ2v) is 20.4. The molecule has 0 aliphatic heterocycles. The monoisotopic (exact) mass is 346 g/mol. The van der Waals surface area contributed by atoms with E-state index in [0.717, 1.165) is 0 Å². The van der Waals surface area contributed by atoms with Crippen molar-refractivity contribution < 1.29 is 0 Å². The van der Waals surface area contributed by atoms with Crippen LogP contribution in [-0.4, -0.2) is 27.9 Å². The Morgan fingerprint density at radius 3 is 2.50 bits per heavy atom. The summed E-state index contributed by atoms with van der Waals surface area (Å²) in [6.45, 7) is 0. The van der Waals surface area contributed by atoms with E-state index in [9.17, 15) is 0 Å². The van der Waals surface area contributed by atoms with Gasteiger partial charge in [-0.2, -0.15) is 0 Å². The number of hydrogen-bond donors (Lipinski definition) is 0. The normalized spacial score (nSPS) is 12.4. The fourth-order valence-electron chi connectivity index (χ4n) is 2.52. The van der Waals surface area contributed by atoms with E-state index in [4.69, 9.17) is 0 Å². The van der Waals surface area contributed by atoms with Crippen LogP contribution < -0.4 is 3.58 Å². The van der Waals surface area contributed by atoms with E-state index in [-0.39, 0.29) is 0 Å². The molecule has 18 heavy (non-hydrogen) atoms. The molecule has 0 aliphatic rings. The summed E-state index contributed by atoms with van der Waals surface area (Å²) < 4.78 is 3.82. The summed E-state index contributed by atoms with van der Waals surface area (Å²) in [5.74, 6) is 0. The zero-order valence-corrected chi connectivity index (χ0v) is 14.2. The van der Waals surface area contributed by atoms with Crippen LogP contribution in [0.4, 0.5) is 0 Å². The molecule has 0 aliphatic carbocycles. The third-order valence-electron chi connectivity index (χ3n) is 3.68. The molecule has 0 spiro atoms. The molecule has 2 nitrogen and oxygen atoms in total. The topological polar surface area (TPSA) is 17.8 Å². The fourth-order valence-corrected chi connectivity index (χ4v) is 5.83. The van der Waals surface area contributed by atoms with Gasteiger partial charge in [-0.05, 0) is 0 Å². The Morgan fingerprint density at radius 1 is 1.00 bits per heavy atom. The first-order valence-corrected chi connectivity index (χ1v) is 16.3. The number of aromatic nitrogens is 2. The van der Waals surface area contributed by atoms with Gasteiger partial charge < -0.3 is 0 Å². The Morgan fingerprint density at radius 2 is 1.78 bits per heavy atom. The predicted molar refractivity (Wildman–Crippen MR) is 81.2 cm³/mol. The van der Waals surface area contributed by atoms with Crippen LogP contribution >= 0.6 is 0 Å². The number of hydrogen-bond acceptors (Lipinski definition) is 1. The third-order valence-corrected chi connectivity index (χ3v) is 9.51. The summed E-state index contributed by atoms with van der Waals surface area (Å²) in [6.07, 6.45) is 3.84. The van der Waals surface area contributed by atoms with Crippen LogP contribution in [0.3, 0.4) is 0 Å². The molecule has 0 fully saturated rings. The van der Waals surface area contributed by atoms with Gasteiger partial charge in [-0.1, -0.05) is 0 Å². The van der Waals surface area contributed by atoms with E-state index in [0.29, 0.717) is 0 Å². The van der Waals surface area contributed by atoms with Crippen molar-refractivity contribution in [2.24, 2.45) is 7.05 Å². The maximum atomic E-state index is 4.23. The van der Waals surface area contributed by atoms with E-state index in [1.54, 1.807) is 3.58 Å². The summed E-state index contributed by atoms with van der Waals surface area (Å²) in [6, 6.07) is 9.13. The summed E-state index contributed by atoms with van der Waals surface area (Å²) in [5.41, 5.74) is 2.52. The van der Waals surface area contributed by atoms with Crippen LogP contribution in [-0.2, 0) is 7.05 Å².